The summed E-state index contributed by atoms with van der Waals surface area (Å²) in [5, 5.41) is 8.87. The van der Waals surface area contributed by atoms with Crippen molar-refractivity contribution in [3.8, 4) is 0 Å². The molecule has 1 N–H and O–H groups in total. The first-order valence-corrected chi connectivity index (χ1v) is 5.70. The molecule has 0 atom stereocenters. The van der Waals surface area contributed by atoms with Gasteiger partial charge in [0.25, 0.3) is 0 Å². The van der Waals surface area contributed by atoms with Crippen molar-refractivity contribution >= 4 is 53.8 Å². The first-order valence-electron chi connectivity index (χ1n) is 3.32. The lowest BCUT2D eigenvalue weighted by Gasteiger charge is -2.14. The maximum Gasteiger partial charge on any atom is 0.336 e. The molecular weight excluding hydrogens is 368 g/mol. The minimum atomic E-state index is -0.946. The lowest BCUT2D eigenvalue weighted by atomic mass is 10.1. The molecule has 0 aliphatic heterocycles. The van der Waals surface area contributed by atoms with Crippen LogP contribution in [0.3, 0.4) is 0 Å². The first kappa shape index (κ1) is 11.2. The van der Waals surface area contributed by atoms with Crippen LogP contribution >= 0.6 is 47.8 Å². The van der Waals surface area contributed by atoms with Crippen LogP contribution in [0.2, 0.25) is 0 Å². The number of carbonyl (C=O) groups is 1. The second-order valence-corrected chi connectivity index (χ2v) is 9.11. The summed E-state index contributed by atoms with van der Waals surface area (Å²) in [6, 6.07) is 6.74. The van der Waals surface area contributed by atoms with Gasteiger partial charge in [-0.1, -0.05) is 66.0 Å². The third kappa shape index (κ3) is 2.79. The van der Waals surface area contributed by atoms with Crippen LogP contribution in [0.25, 0.3) is 0 Å². The van der Waals surface area contributed by atoms with Crippen LogP contribution in [0.1, 0.15) is 15.9 Å². The first-order chi connectivity index (χ1) is 5.93. The Hall–Kier alpha value is 0.130. The number of carboxylic acid groups (broad SMARTS) is 1. The third-order valence-corrected chi connectivity index (χ3v) is 2.74. The van der Waals surface area contributed by atoms with Gasteiger partial charge in [0.15, 0.2) is 2.14 Å². The van der Waals surface area contributed by atoms with Gasteiger partial charge >= 0.3 is 5.97 Å². The average molecular weight is 373 g/mol. The highest BCUT2D eigenvalue weighted by Crippen LogP contribution is 2.45. The minimum absolute atomic E-state index is 0.258. The fraction of sp³-hybridized carbons (Fsp3) is 0.125. The zero-order valence-electron chi connectivity index (χ0n) is 6.30. The van der Waals surface area contributed by atoms with Crippen LogP contribution in [-0.4, -0.2) is 11.1 Å². The van der Waals surface area contributed by atoms with Crippen molar-refractivity contribution in [2.45, 2.75) is 2.14 Å². The topological polar surface area (TPSA) is 37.3 Å². The summed E-state index contributed by atoms with van der Waals surface area (Å²) in [6.45, 7) is 0. The molecule has 0 saturated carbocycles. The van der Waals surface area contributed by atoms with Gasteiger partial charge in [0.2, 0.25) is 0 Å². The molecule has 0 saturated heterocycles. The van der Waals surface area contributed by atoms with Crippen LogP contribution in [0.4, 0.5) is 0 Å². The maximum atomic E-state index is 10.8. The van der Waals surface area contributed by atoms with E-state index in [1.807, 2.05) is 0 Å². The molecule has 0 amide bonds. The van der Waals surface area contributed by atoms with E-state index < -0.39 is 8.11 Å². The van der Waals surface area contributed by atoms with Crippen molar-refractivity contribution in [2.24, 2.45) is 0 Å². The molecular formula is C8H5Br3O2. The van der Waals surface area contributed by atoms with Gasteiger partial charge in [-0.25, -0.2) is 4.79 Å². The monoisotopic (exact) mass is 370 g/mol. The summed E-state index contributed by atoms with van der Waals surface area (Å²) < 4.78 is -0.679. The van der Waals surface area contributed by atoms with E-state index in [9.17, 15) is 4.79 Å². The Labute approximate surface area is 101 Å². The van der Waals surface area contributed by atoms with E-state index in [2.05, 4.69) is 47.8 Å². The number of halogens is 3. The molecule has 13 heavy (non-hydrogen) atoms. The molecule has 0 unspecified atom stereocenters. The average Bonchev–Trinajstić information content (AvgIpc) is 2.03. The molecule has 0 aliphatic rings. The zero-order chi connectivity index (χ0) is 10.1. The number of hydrogen-bond acceptors (Lipinski definition) is 1. The predicted molar refractivity (Wildman–Crippen MR) is 61.9 cm³/mol. The summed E-state index contributed by atoms with van der Waals surface area (Å²) in [5.41, 5.74) is 0.885. The number of aromatic carboxylic acids is 1. The molecule has 0 aliphatic carbocycles. The highest BCUT2D eigenvalue weighted by molar-refractivity contribution is 9.38. The highest BCUT2D eigenvalue weighted by atomic mass is 80.0. The smallest absolute Gasteiger partial charge is 0.336 e. The second-order valence-electron chi connectivity index (χ2n) is 2.35. The molecule has 1 aromatic carbocycles. The molecule has 70 valence electrons. The van der Waals surface area contributed by atoms with Crippen LogP contribution in [0, 0.1) is 0 Å². The molecule has 2 nitrogen and oxygen atoms in total. The van der Waals surface area contributed by atoms with Gasteiger partial charge in [0.1, 0.15) is 0 Å². The van der Waals surface area contributed by atoms with Gasteiger partial charge in [-0.15, -0.1) is 0 Å². The molecule has 5 heteroatoms. The van der Waals surface area contributed by atoms with Crippen molar-refractivity contribution in [2.75, 3.05) is 0 Å². The lowest BCUT2D eigenvalue weighted by Crippen LogP contribution is -2.08. The van der Waals surface area contributed by atoms with Gasteiger partial charge in [-0.2, -0.15) is 0 Å². The van der Waals surface area contributed by atoms with Gasteiger partial charge < -0.3 is 5.11 Å². The van der Waals surface area contributed by atoms with Crippen molar-refractivity contribution < 1.29 is 9.90 Å². The summed E-state index contributed by atoms with van der Waals surface area (Å²) >= 11 is 9.83. The van der Waals surface area contributed by atoms with Crippen LogP contribution in [0.5, 0.6) is 0 Å². The van der Waals surface area contributed by atoms with Gasteiger partial charge in [-0.05, 0) is 6.07 Å². The van der Waals surface area contributed by atoms with Gasteiger partial charge in [0, 0.05) is 5.56 Å². The van der Waals surface area contributed by atoms with Crippen molar-refractivity contribution in [1.29, 1.82) is 0 Å². The van der Waals surface area contributed by atoms with Crippen LogP contribution < -0.4 is 0 Å². The van der Waals surface area contributed by atoms with Gasteiger partial charge in [-0.3, -0.25) is 0 Å². The van der Waals surface area contributed by atoms with Crippen molar-refractivity contribution in [3.63, 3.8) is 0 Å². The van der Waals surface area contributed by atoms with E-state index in [0.717, 1.165) is 0 Å². The summed E-state index contributed by atoms with van der Waals surface area (Å²) in [5.74, 6) is -0.946. The van der Waals surface area contributed by atoms with E-state index in [-0.39, 0.29) is 5.56 Å². The largest absolute Gasteiger partial charge is 0.478 e. The lowest BCUT2D eigenvalue weighted by molar-refractivity contribution is 0.0696. The Kier molecular flexibility index (Phi) is 3.54. The molecule has 0 aromatic heterocycles. The second kappa shape index (κ2) is 4.11. The Bertz CT molecular complexity index is 330. The minimum Gasteiger partial charge on any atom is -0.478 e. The molecule has 0 fully saturated rings. The Balaban J connectivity index is 3.28. The third-order valence-electron chi connectivity index (χ3n) is 1.46. The SMILES string of the molecule is O=C(O)c1ccccc1C(Br)(Br)Br. The molecule has 0 heterocycles. The predicted octanol–water partition coefficient (Wildman–Crippen LogP) is 3.68. The zero-order valence-corrected chi connectivity index (χ0v) is 11.1. The Morgan fingerprint density at radius 1 is 1.23 bits per heavy atom. The van der Waals surface area contributed by atoms with E-state index in [1.165, 1.54) is 0 Å². The summed E-state index contributed by atoms with van der Waals surface area (Å²) in [6.07, 6.45) is 0. The van der Waals surface area contributed by atoms with Gasteiger partial charge in [0.05, 0.1) is 5.56 Å². The fourth-order valence-corrected chi connectivity index (χ4v) is 1.95. The number of alkyl halides is 3. The molecule has 1 rings (SSSR count). The van der Waals surface area contributed by atoms with Crippen molar-refractivity contribution in [1.82, 2.24) is 0 Å². The highest BCUT2D eigenvalue weighted by Gasteiger charge is 2.26. The molecule has 0 spiro atoms. The summed E-state index contributed by atoms with van der Waals surface area (Å²) in [7, 11) is 0. The maximum absolute atomic E-state index is 10.8. The van der Waals surface area contributed by atoms with Crippen LogP contribution in [0.15, 0.2) is 24.3 Å². The Morgan fingerprint density at radius 2 is 1.77 bits per heavy atom. The standard InChI is InChI=1S/C8H5Br3O2/c9-8(10,11)6-4-2-1-3-5(6)7(12)13/h1-4H,(H,12,13). The number of benzene rings is 1. The number of rotatable bonds is 1. The number of hydrogen-bond donors (Lipinski definition) is 1. The van der Waals surface area contributed by atoms with Crippen LogP contribution in [-0.2, 0) is 2.14 Å². The fourth-order valence-electron chi connectivity index (χ4n) is 0.917. The van der Waals surface area contributed by atoms with E-state index >= 15 is 0 Å². The number of carboxylic acids is 1. The van der Waals surface area contributed by atoms with Crippen molar-refractivity contribution in [3.05, 3.63) is 35.4 Å². The van der Waals surface area contributed by atoms with E-state index in [4.69, 9.17) is 5.11 Å². The molecule has 0 radical (unpaired) electrons. The summed E-state index contributed by atoms with van der Waals surface area (Å²) in [4.78, 5) is 10.8. The van der Waals surface area contributed by atoms with E-state index in [0.29, 0.717) is 5.56 Å². The normalized spacial score (nSPS) is 11.3. The van der Waals surface area contributed by atoms with E-state index in [1.54, 1.807) is 24.3 Å². The quantitative estimate of drug-likeness (QED) is 0.763. The Morgan fingerprint density at radius 3 is 2.15 bits per heavy atom. The molecule has 0 bridgehead atoms. The molecule has 1 aromatic rings.